The highest BCUT2D eigenvalue weighted by atomic mass is 32.2. The van der Waals surface area contributed by atoms with E-state index in [2.05, 4.69) is 10.3 Å². The van der Waals surface area contributed by atoms with Crippen molar-refractivity contribution in [2.24, 2.45) is 0 Å². The first-order valence-electron chi connectivity index (χ1n) is 7.78. The van der Waals surface area contributed by atoms with E-state index >= 15 is 0 Å². The standard InChI is InChI=1S/C18H18N2O4S/c1-11-3-4-13(9-12(11)2)16-6-5-15(18(22)20-16)17(21)19-14-7-8-25(23,24)10-14/h3-9,14H,10H2,1-2H3,(H,19,21)(H,20,22)/t14-/m1/s1. The molecule has 3 rings (SSSR count). The van der Waals surface area contributed by atoms with Crippen LogP contribution < -0.4 is 10.9 Å². The summed E-state index contributed by atoms with van der Waals surface area (Å²) < 4.78 is 22.7. The zero-order valence-electron chi connectivity index (χ0n) is 13.9. The minimum Gasteiger partial charge on any atom is -0.345 e. The highest BCUT2D eigenvalue weighted by Crippen LogP contribution is 2.19. The number of hydrogen-bond donors (Lipinski definition) is 2. The Labute approximate surface area is 145 Å². The van der Waals surface area contributed by atoms with Crippen molar-refractivity contribution >= 4 is 15.7 Å². The predicted octanol–water partition coefficient (Wildman–Crippen LogP) is 1.70. The van der Waals surface area contributed by atoms with Crippen molar-refractivity contribution in [2.45, 2.75) is 19.9 Å². The van der Waals surface area contributed by atoms with Crippen LogP contribution in [0.2, 0.25) is 0 Å². The van der Waals surface area contributed by atoms with E-state index in [0.29, 0.717) is 5.69 Å². The lowest BCUT2D eigenvalue weighted by Gasteiger charge is -2.10. The van der Waals surface area contributed by atoms with Crippen molar-refractivity contribution < 1.29 is 13.2 Å². The second-order valence-electron chi connectivity index (χ2n) is 6.15. The molecule has 25 heavy (non-hydrogen) atoms. The highest BCUT2D eigenvalue weighted by Gasteiger charge is 2.24. The van der Waals surface area contributed by atoms with Gasteiger partial charge in [-0.1, -0.05) is 12.1 Å². The van der Waals surface area contributed by atoms with Gasteiger partial charge in [0.25, 0.3) is 11.5 Å². The Kier molecular flexibility index (Phi) is 4.34. The molecule has 0 saturated carbocycles. The summed E-state index contributed by atoms with van der Waals surface area (Å²) in [6.45, 7) is 3.99. The summed E-state index contributed by atoms with van der Waals surface area (Å²) >= 11 is 0. The molecule has 0 spiro atoms. The number of carbonyl (C=O) groups excluding carboxylic acids is 1. The predicted molar refractivity (Wildman–Crippen MR) is 96.2 cm³/mol. The first-order valence-corrected chi connectivity index (χ1v) is 9.49. The number of benzene rings is 1. The van der Waals surface area contributed by atoms with E-state index in [4.69, 9.17) is 0 Å². The smallest absolute Gasteiger partial charge is 0.261 e. The van der Waals surface area contributed by atoms with Crippen LogP contribution in [0.25, 0.3) is 11.3 Å². The Bertz CT molecular complexity index is 1040. The van der Waals surface area contributed by atoms with E-state index in [-0.39, 0.29) is 11.3 Å². The van der Waals surface area contributed by atoms with Gasteiger partial charge in [-0.2, -0.15) is 0 Å². The fourth-order valence-electron chi connectivity index (χ4n) is 2.64. The fraction of sp³-hybridized carbons (Fsp3) is 0.222. The van der Waals surface area contributed by atoms with Gasteiger partial charge in [-0.05, 0) is 54.8 Å². The number of nitrogens with one attached hydrogen (secondary N) is 2. The van der Waals surface area contributed by atoms with Crippen LogP contribution in [0, 0.1) is 13.8 Å². The van der Waals surface area contributed by atoms with Gasteiger partial charge in [-0.3, -0.25) is 9.59 Å². The number of aromatic nitrogens is 1. The van der Waals surface area contributed by atoms with Gasteiger partial charge in [0.05, 0.1) is 11.8 Å². The Hall–Kier alpha value is -2.67. The van der Waals surface area contributed by atoms with Gasteiger partial charge in [0.15, 0.2) is 9.84 Å². The molecule has 0 saturated heterocycles. The van der Waals surface area contributed by atoms with Gasteiger partial charge < -0.3 is 10.3 Å². The number of hydrogen-bond acceptors (Lipinski definition) is 4. The third kappa shape index (κ3) is 3.71. The van der Waals surface area contributed by atoms with Gasteiger partial charge in [0.2, 0.25) is 0 Å². The molecule has 0 aliphatic carbocycles. The molecule has 1 aromatic carbocycles. The summed E-state index contributed by atoms with van der Waals surface area (Å²) in [4.78, 5) is 27.2. The van der Waals surface area contributed by atoms with E-state index in [0.717, 1.165) is 22.1 Å². The third-order valence-electron chi connectivity index (χ3n) is 4.22. The van der Waals surface area contributed by atoms with Crippen LogP contribution in [0.5, 0.6) is 0 Å². The molecule has 1 amide bonds. The van der Waals surface area contributed by atoms with Crippen molar-refractivity contribution in [1.29, 1.82) is 0 Å². The molecule has 2 N–H and O–H groups in total. The van der Waals surface area contributed by atoms with Crippen molar-refractivity contribution in [3.63, 3.8) is 0 Å². The molecule has 1 aromatic heterocycles. The average molecular weight is 358 g/mol. The van der Waals surface area contributed by atoms with Crippen molar-refractivity contribution in [1.82, 2.24) is 10.3 Å². The zero-order chi connectivity index (χ0) is 18.2. The Balaban J connectivity index is 1.82. The number of aromatic amines is 1. The molecule has 1 aliphatic heterocycles. The molecule has 2 heterocycles. The summed E-state index contributed by atoms with van der Waals surface area (Å²) in [5, 5.41) is 3.62. The maximum absolute atomic E-state index is 12.3. The van der Waals surface area contributed by atoms with Crippen LogP contribution >= 0.6 is 0 Å². The maximum atomic E-state index is 12.3. The number of amides is 1. The van der Waals surface area contributed by atoms with Gasteiger partial charge in [0, 0.05) is 11.1 Å². The lowest BCUT2D eigenvalue weighted by atomic mass is 10.0. The number of aryl methyl sites for hydroxylation is 2. The van der Waals surface area contributed by atoms with E-state index in [1.165, 1.54) is 12.1 Å². The molecule has 0 unspecified atom stereocenters. The summed E-state index contributed by atoms with van der Waals surface area (Å²) in [7, 11) is -3.27. The molecule has 0 fully saturated rings. The first-order chi connectivity index (χ1) is 11.7. The first kappa shape index (κ1) is 17.2. The van der Waals surface area contributed by atoms with Gasteiger partial charge in [-0.25, -0.2) is 8.42 Å². The molecule has 7 heteroatoms. The van der Waals surface area contributed by atoms with Gasteiger partial charge in [-0.15, -0.1) is 0 Å². The molecule has 1 atom stereocenters. The normalized spacial score (nSPS) is 18.2. The number of carbonyl (C=O) groups is 1. The molecule has 6 nitrogen and oxygen atoms in total. The SMILES string of the molecule is Cc1ccc(-c2ccc(C(=O)N[C@@H]3C=CS(=O)(=O)C3)c(=O)[nH]2)cc1C. The van der Waals surface area contributed by atoms with Crippen LogP contribution in [0.15, 0.2) is 46.6 Å². The Morgan fingerprint density at radius 3 is 2.52 bits per heavy atom. The third-order valence-corrected chi connectivity index (χ3v) is 5.61. The molecule has 0 bridgehead atoms. The number of rotatable bonds is 3. The topological polar surface area (TPSA) is 96.1 Å². The lowest BCUT2D eigenvalue weighted by molar-refractivity contribution is 0.0946. The van der Waals surface area contributed by atoms with Gasteiger partial charge in [0.1, 0.15) is 5.56 Å². The zero-order valence-corrected chi connectivity index (χ0v) is 14.7. The fourth-order valence-corrected chi connectivity index (χ4v) is 3.88. The Morgan fingerprint density at radius 1 is 1.16 bits per heavy atom. The van der Waals surface area contributed by atoms with E-state index in [1.807, 2.05) is 32.0 Å². The molecule has 0 radical (unpaired) electrons. The second kappa shape index (κ2) is 6.33. The lowest BCUT2D eigenvalue weighted by Crippen LogP contribution is -2.38. The van der Waals surface area contributed by atoms with Crippen molar-refractivity contribution in [2.75, 3.05) is 5.75 Å². The van der Waals surface area contributed by atoms with Crippen LogP contribution in [0.4, 0.5) is 0 Å². The van der Waals surface area contributed by atoms with Crippen molar-refractivity contribution in [3.8, 4) is 11.3 Å². The molecule has 130 valence electrons. The van der Waals surface area contributed by atoms with Crippen LogP contribution in [0.1, 0.15) is 21.5 Å². The van der Waals surface area contributed by atoms with Gasteiger partial charge >= 0.3 is 0 Å². The van der Waals surface area contributed by atoms with E-state index < -0.39 is 27.3 Å². The summed E-state index contributed by atoms with van der Waals surface area (Å²) in [6.07, 6.45) is 1.41. The maximum Gasteiger partial charge on any atom is 0.261 e. The summed E-state index contributed by atoms with van der Waals surface area (Å²) in [6, 6.07) is 8.34. The van der Waals surface area contributed by atoms with Crippen LogP contribution in [0.3, 0.4) is 0 Å². The summed E-state index contributed by atoms with van der Waals surface area (Å²) in [5.41, 5.74) is 3.17. The molecular weight excluding hydrogens is 340 g/mol. The highest BCUT2D eigenvalue weighted by molar-refractivity contribution is 7.94. The van der Waals surface area contributed by atoms with Crippen LogP contribution in [-0.4, -0.2) is 31.1 Å². The summed E-state index contributed by atoms with van der Waals surface area (Å²) in [5.74, 6) is -0.781. The largest absolute Gasteiger partial charge is 0.345 e. The molecule has 2 aromatic rings. The van der Waals surface area contributed by atoms with Crippen molar-refractivity contribution in [3.05, 3.63) is 68.9 Å². The van der Waals surface area contributed by atoms with E-state index in [1.54, 1.807) is 6.07 Å². The number of pyridine rings is 1. The van der Waals surface area contributed by atoms with Crippen LogP contribution in [-0.2, 0) is 9.84 Å². The number of sulfone groups is 1. The minimum atomic E-state index is -3.27. The Morgan fingerprint density at radius 2 is 1.92 bits per heavy atom. The average Bonchev–Trinajstić information content (AvgIpc) is 2.88. The quantitative estimate of drug-likeness (QED) is 0.873. The monoisotopic (exact) mass is 358 g/mol. The number of H-pyrrole nitrogens is 1. The minimum absolute atomic E-state index is 0.0507. The molecular formula is C18H18N2O4S. The second-order valence-corrected chi connectivity index (χ2v) is 8.08. The van der Waals surface area contributed by atoms with E-state index in [9.17, 15) is 18.0 Å². The molecule has 1 aliphatic rings.